The van der Waals surface area contributed by atoms with Crippen molar-refractivity contribution < 1.29 is 33.1 Å². The molecule has 2 unspecified atom stereocenters. The minimum Gasteiger partial charge on any atom is -0.368 e. The van der Waals surface area contributed by atoms with Gasteiger partial charge in [-0.05, 0) is 19.8 Å². The van der Waals surface area contributed by atoms with Gasteiger partial charge in [0.05, 0.1) is 13.2 Å². The van der Waals surface area contributed by atoms with E-state index in [1.54, 1.807) is 0 Å². The average Bonchev–Trinajstić information content (AvgIpc) is 2.59. The van der Waals surface area contributed by atoms with Crippen molar-refractivity contribution >= 4 is 15.2 Å². The predicted octanol–water partition coefficient (Wildman–Crippen LogP) is 5.78. The van der Waals surface area contributed by atoms with Crippen molar-refractivity contribution in [3.63, 3.8) is 0 Å². The zero-order chi connectivity index (χ0) is 20.8. The summed E-state index contributed by atoms with van der Waals surface area (Å²) in [7, 11) is -9.46. The van der Waals surface area contributed by atoms with E-state index in [0.717, 1.165) is 71.1 Å². The molecule has 0 aliphatic carbocycles. The molecule has 0 saturated heterocycles. The van der Waals surface area contributed by atoms with Crippen LogP contribution in [0, 0.1) is 0 Å². The van der Waals surface area contributed by atoms with Gasteiger partial charge in [0.15, 0.2) is 0 Å². The Bertz CT molecular complexity index is 429. The van der Waals surface area contributed by atoms with E-state index in [9.17, 15) is 24.0 Å². The van der Waals surface area contributed by atoms with Crippen LogP contribution in [-0.4, -0.2) is 33.2 Å². The zero-order valence-electron chi connectivity index (χ0n) is 17.3. The lowest BCUT2D eigenvalue weighted by Gasteiger charge is -2.31. The van der Waals surface area contributed by atoms with Crippen LogP contribution in [0.5, 0.6) is 0 Å². The smallest absolute Gasteiger partial charge is 0.368 e. The van der Waals surface area contributed by atoms with Crippen molar-refractivity contribution in [2.24, 2.45) is 0 Å². The van der Waals surface area contributed by atoms with Crippen LogP contribution < -0.4 is 0 Å². The number of unbranched alkanes of at least 4 members (excludes halogenated alkanes) is 10. The average molecular weight is 430 g/mol. The van der Waals surface area contributed by atoms with E-state index in [1.807, 2.05) is 0 Å². The van der Waals surface area contributed by atoms with E-state index in [1.165, 1.54) is 0 Å². The summed E-state index contributed by atoms with van der Waals surface area (Å²) in [6, 6.07) is 0. The first-order valence-corrected chi connectivity index (χ1v) is 13.4. The molecule has 0 aromatic carbocycles. The molecule has 0 aromatic heterocycles. The summed E-state index contributed by atoms with van der Waals surface area (Å²) in [5.74, 6) is 0. The quantitative estimate of drug-likeness (QED) is 0.187. The van der Waals surface area contributed by atoms with Gasteiger partial charge in [0.25, 0.3) is 5.08 Å². The fraction of sp³-hybridized carbons (Fsp3) is 1.00. The normalized spacial score (nSPS) is 18.6. The van der Waals surface area contributed by atoms with Gasteiger partial charge in [0.1, 0.15) is 0 Å². The van der Waals surface area contributed by atoms with Crippen LogP contribution >= 0.6 is 15.2 Å². The van der Waals surface area contributed by atoms with E-state index in [0.29, 0.717) is 12.8 Å². The van der Waals surface area contributed by atoms with Gasteiger partial charge in [-0.1, -0.05) is 78.1 Å². The lowest BCUT2D eigenvalue weighted by molar-refractivity contribution is 0.113. The fourth-order valence-corrected chi connectivity index (χ4v) is 5.41. The summed E-state index contributed by atoms with van der Waals surface area (Å²) in [4.78, 5) is 20.0. The SMILES string of the molecule is CCCCCCCCOP(=O)(O)C(C)(O)P(=O)(O)OCCCCCCCC. The van der Waals surface area contributed by atoms with Gasteiger partial charge in [-0.25, -0.2) is 0 Å². The highest BCUT2D eigenvalue weighted by molar-refractivity contribution is 7.72. The van der Waals surface area contributed by atoms with Crippen LogP contribution in [0.1, 0.15) is 97.8 Å². The number of aliphatic hydroxyl groups is 1. The topological polar surface area (TPSA) is 113 Å². The third-order valence-corrected chi connectivity index (χ3v) is 9.32. The highest BCUT2D eigenvalue weighted by atomic mass is 31.2. The predicted molar refractivity (Wildman–Crippen MR) is 109 cm³/mol. The zero-order valence-corrected chi connectivity index (χ0v) is 19.1. The Morgan fingerprint density at radius 1 is 0.667 bits per heavy atom. The Morgan fingerprint density at radius 3 is 1.30 bits per heavy atom. The molecule has 9 heteroatoms. The molecule has 7 nitrogen and oxygen atoms in total. The Labute approximate surface area is 164 Å². The molecule has 3 N–H and O–H groups in total. The Morgan fingerprint density at radius 2 is 0.963 bits per heavy atom. The molecular formula is C18H40O7P2. The third kappa shape index (κ3) is 10.6. The van der Waals surface area contributed by atoms with Crippen molar-refractivity contribution in [3.05, 3.63) is 0 Å². The highest BCUT2D eigenvalue weighted by Crippen LogP contribution is 2.71. The standard InChI is InChI=1S/C18H40O7P2/c1-4-6-8-10-12-14-16-24-26(20,21)18(3,19)27(22,23)25-17-15-13-11-9-7-5-2/h19H,4-17H2,1-3H3,(H,20,21)(H,22,23). The first-order chi connectivity index (χ1) is 12.6. The van der Waals surface area contributed by atoms with Crippen LogP contribution in [0.2, 0.25) is 0 Å². The molecule has 0 saturated carbocycles. The maximum absolute atomic E-state index is 12.3. The molecule has 0 rings (SSSR count). The maximum Gasteiger partial charge on any atom is 0.371 e. The van der Waals surface area contributed by atoms with Crippen molar-refractivity contribution in [1.29, 1.82) is 0 Å². The minimum absolute atomic E-state index is 0.0481. The number of hydrogen-bond donors (Lipinski definition) is 3. The molecule has 164 valence electrons. The summed E-state index contributed by atoms with van der Waals surface area (Å²) in [5.41, 5.74) is 0. The summed E-state index contributed by atoms with van der Waals surface area (Å²) in [6.07, 6.45) is 11.6. The van der Waals surface area contributed by atoms with Crippen LogP contribution in [-0.2, 0) is 18.2 Å². The fourth-order valence-electron chi connectivity index (χ4n) is 2.55. The molecular weight excluding hydrogens is 390 g/mol. The summed E-state index contributed by atoms with van der Waals surface area (Å²) in [6.45, 7) is 4.97. The monoisotopic (exact) mass is 430 g/mol. The second-order valence-electron chi connectivity index (χ2n) is 7.21. The van der Waals surface area contributed by atoms with E-state index >= 15 is 0 Å². The first-order valence-electron chi connectivity index (χ1n) is 10.3. The molecule has 0 bridgehead atoms. The second-order valence-corrected chi connectivity index (χ2v) is 11.9. The largest absolute Gasteiger partial charge is 0.371 e. The van der Waals surface area contributed by atoms with Gasteiger partial charge < -0.3 is 23.9 Å². The molecule has 0 aliphatic heterocycles. The molecule has 0 aromatic rings. The lowest BCUT2D eigenvalue weighted by Crippen LogP contribution is -2.27. The van der Waals surface area contributed by atoms with Gasteiger partial charge in [-0.3, -0.25) is 9.13 Å². The molecule has 0 heterocycles. The van der Waals surface area contributed by atoms with Crippen molar-refractivity contribution in [2.45, 2.75) is 103 Å². The second kappa shape index (κ2) is 14.3. The molecule has 0 radical (unpaired) electrons. The number of hydrogen-bond acceptors (Lipinski definition) is 5. The van der Waals surface area contributed by atoms with Crippen molar-refractivity contribution in [1.82, 2.24) is 0 Å². The molecule has 2 atom stereocenters. The molecule has 0 amide bonds. The summed E-state index contributed by atoms with van der Waals surface area (Å²) < 4.78 is 34.4. The van der Waals surface area contributed by atoms with E-state index in [-0.39, 0.29) is 13.2 Å². The van der Waals surface area contributed by atoms with E-state index < -0.39 is 20.3 Å². The minimum atomic E-state index is -4.73. The van der Waals surface area contributed by atoms with Gasteiger partial charge in [0, 0.05) is 0 Å². The van der Waals surface area contributed by atoms with Crippen LogP contribution in [0.4, 0.5) is 0 Å². The highest BCUT2D eigenvalue weighted by Gasteiger charge is 2.58. The maximum atomic E-state index is 12.3. The van der Waals surface area contributed by atoms with E-state index in [2.05, 4.69) is 13.8 Å². The summed E-state index contributed by atoms with van der Waals surface area (Å²) >= 11 is 0. The van der Waals surface area contributed by atoms with Crippen molar-refractivity contribution in [3.8, 4) is 0 Å². The molecule has 0 fully saturated rings. The Kier molecular flexibility index (Phi) is 14.4. The van der Waals surface area contributed by atoms with Gasteiger partial charge in [-0.2, -0.15) is 0 Å². The van der Waals surface area contributed by atoms with Crippen LogP contribution in [0.25, 0.3) is 0 Å². The molecule has 27 heavy (non-hydrogen) atoms. The van der Waals surface area contributed by atoms with Gasteiger partial charge in [-0.15, -0.1) is 0 Å². The Hall–Kier alpha value is 0.260. The van der Waals surface area contributed by atoms with Crippen LogP contribution in [0.3, 0.4) is 0 Å². The first kappa shape index (κ1) is 27.3. The van der Waals surface area contributed by atoms with Gasteiger partial charge in [0.2, 0.25) is 0 Å². The lowest BCUT2D eigenvalue weighted by atomic mass is 10.1. The third-order valence-electron chi connectivity index (χ3n) is 4.60. The number of rotatable bonds is 18. The summed E-state index contributed by atoms with van der Waals surface area (Å²) in [5, 5.41) is 7.40. The van der Waals surface area contributed by atoms with Crippen LogP contribution in [0.15, 0.2) is 0 Å². The van der Waals surface area contributed by atoms with E-state index in [4.69, 9.17) is 9.05 Å². The van der Waals surface area contributed by atoms with Crippen molar-refractivity contribution in [2.75, 3.05) is 13.2 Å². The van der Waals surface area contributed by atoms with Gasteiger partial charge >= 0.3 is 15.2 Å². The molecule has 0 aliphatic rings. The molecule has 0 spiro atoms. The Balaban J connectivity index is 4.30.